The van der Waals surface area contributed by atoms with Gasteiger partial charge in [-0.25, -0.2) is 0 Å². The zero-order valence-electron chi connectivity index (χ0n) is 11.6. The maximum atomic E-state index is 11.1. The number of benzene rings is 2. The molecule has 0 aliphatic carbocycles. The number of aliphatic hydroxyl groups excluding tert-OH is 1. The highest BCUT2D eigenvalue weighted by Crippen LogP contribution is 2.41. The lowest BCUT2D eigenvalue weighted by atomic mass is 10.1. The molecule has 0 spiro atoms. The minimum absolute atomic E-state index is 0.0434. The number of nitrogens with zero attached hydrogens (tertiary/aromatic N) is 1. The van der Waals surface area contributed by atoms with Crippen LogP contribution in [0.5, 0.6) is 5.75 Å². The number of methoxy groups -OCH3 is 1. The molecule has 0 heterocycles. The van der Waals surface area contributed by atoms with Crippen LogP contribution in [0.2, 0.25) is 0 Å². The summed E-state index contributed by atoms with van der Waals surface area (Å²) < 4.78 is 5.26. The molecule has 0 radical (unpaired) electrons. The van der Waals surface area contributed by atoms with Crippen LogP contribution in [0.25, 0.3) is 0 Å². The Labute approximate surface area is 126 Å². The summed E-state index contributed by atoms with van der Waals surface area (Å²) in [6, 6.07) is 11.9. The molecule has 5 nitrogen and oxygen atoms in total. The molecule has 0 saturated heterocycles. The number of rotatable bonds is 5. The van der Waals surface area contributed by atoms with Crippen LogP contribution < -0.4 is 4.74 Å². The second kappa shape index (κ2) is 6.60. The van der Waals surface area contributed by atoms with Crippen molar-refractivity contribution in [3.63, 3.8) is 0 Å². The van der Waals surface area contributed by atoms with Gasteiger partial charge in [-0.15, -0.1) is 0 Å². The number of hydrogen-bond acceptors (Lipinski definition) is 5. The molecule has 1 atom stereocenters. The molecule has 6 heteroatoms. The van der Waals surface area contributed by atoms with Crippen LogP contribution in [0.4, 0.5) is 5.69 Å². The molecule has 0 aromatic heterocycles. The van der Waals surface area contributed by atoms with Gasteiger partial charge in [-0.2, -0.15) is 0 Å². The van der Waals surface area contributed by atoms with Gasteiger partial charge in [0.25, 0.3) is 5.69 Å². The third kappa shape index (κ3) is 3.34. The second-order valence-electron chi connectivity index (χ2n) is 4.37. The smallest absolute Gasteiger partial charge is 0.283 e. The van der Waals surface area contributed by atoms with Crippen LogP contribution in [0.15, 0.2) is 52.3 Å². The van der Waals surface area contributed by atoms with Crippen molar-refractivity contribution in [1.29, 1.82) is 0 Å². The van der Waals surface area contributed by atoms with Gasteiger partial charge in [0.2, 0.25) is 0 Å². The summed E-state index contributed by atoms with van der Waals surface area (Å²) in [4.78, 5) is 11.9. The predicted octanol–water partition coefficient (Wildman–Crippen LogP) is 3.81. The van der Waals surface area contributed by atoms with E-state index in [1.54, 1.807) is 37.3 Å². The van der Waals surface area contributed by atoms with Gasteiger partial charge < -0.3 is 9.84 Å². The summed E-state index contributed by atoms with van der Waals surface area (Å²) in [5.41, 5.74) is 0.671. The number of para-hydroxylation sites is 1. The Bertz CT molecular complexity index is 658. The van der Waals surface area contributed by atoms with Gasteiger partial charge in [0, 0.05) is 16.5 Å². The second-order valence-corrected chi connectivity index (χ2v) is 5.46. The Morgan fingerprint density at radius 1 is 1.19 bits per heavy atom. The van der Waals surface area contributed by atoms with Gasteiger partial charge in [0.1, 0.15) is 5.75 Å². The fourth-order valence-electron chi connectivity index (χ4n) is 2.02. The summed E-state index contributed by atoms with van der Waals surface area (Å²) in [6.07, 6.45) is -0.730. The van der Waals surface area contributed by atoms with Gasteiger partial charge >= 0.3 is 0 Å². The predicted molar refractivity (Wildman–Crippen MR) is 80.8 cm³/mol. The number of nitro benzene ring substituents is 1. The number of nitro groups is 1. The minimum atomic E-state index is -0.730. The van der Waals surface area contributed by atoms with E-state index >= 15 is 0 Å². The van der Waals surface area contributed by atoms with Gasteiger partial charge in [0.05, 0.1) is 23.0 Å². The molecule has 0 amide bonds. The lowest BCUT2D eigenvalue weighted by molar-refractivity contribution is -0.387. The van der Waals surface area contributed by atoms with Gasteiger partial charge in [-0.1, -0.05) is 30.0 Å². The third-order valence-corrected chi connectivity index (χ3v) is 4.09. The molecule has 0 unspecified atom stereocenters. The van der Waals surface area contributed by atoms with E-state index in [4.69, 9.17) is 4.74 Å². The van der Waals surface area contributed by atoms with Crippen molar-refractivity contribution in [1.82, 2.24) is 0 Å². The van der Waals surface area contributed by atoms with E-state index < -0.39 is 11.0 Å². The van der Waals surface area contributed by atoms with Crippen LogP contribution in [-0.2, 0) is 0 Å². The molecule has 0 aliphatic rings. The van der Waals surface area contributed by atoms with Crippen LogP contribution in [0.3, 0.4) is 0 Å². The molecule has 0 saturated carbocycles. The summed E-state index contributed by atoms with van der Waals surface area (Å²) in [5, 5.41) is 21.0. The van der Waals surface area contributed by atoms with Crippen LogP contribution in [-0.4, -0.2) is 17.1 Å². The maximum Gasteiger partial charge on any atom is 0.283 e. The fourth-order valence-corrected chi connectivity index (χ4v) is 3.17. The van der Waals surface area contributed by atoms with E-state index in [0.717, 1.165) is 4.90 Å². The van der Waals surface area contributed by atoms with Crippen LogP contribution >= 0.6 is 11.8 Å². The molecule has 110 valence electrons. The zero-order valence-corrected chi connectivity index (χ0v) is 12.5. The zero-order chi connectivity index (χ0) is 15.4. The molecular weight excluding hydrogens is 290 g/mol. The van der Waals surface area contributed by atoms with Gasteiger partial charge in [-0.05, 0) is 25.1 Å². The van der Waals surface area contributed by atoms with E-state index in [0.29, 0.717) is 16.2 Å². The van der Waals surface area contributed by atoms with Crippen molar-refractivity contribution in [2.75, 3.05) is 7.11 Å². The molecule has 2 aromatic rings. The van der Waals surface area contributed by atoms with E-state index in [-0.39, 0.29) is 5.69 Å². The topological polar surface area (TPSA) is 72.6 Å². The molecule has 0 aliphatic heterocycles. The summed E-state index contributed by atoms with van der Waals surface area (Å²) in [7, 11) is 1.53. The normalized spacial score (nSPS) is 12.0. The fraction of sp³-hybridized carbons (Fsp3) is 0.200. The van der Waals surface area contributed by atoms with Crippen molar-refractivity contribution in [2.45, 2.75) is 22.8 Å². The highest BCUT2D eigenvalue weighted by molar-refractivity contribution is 7.99. The molecule has 21 heavy (non-hydrogen) atoms. The van der Waals surface area contributed by atoms with Gasteiger partial charge in [-0.3, -0.25) is 10.1 Å². The van der Waals surface area contributed by atoms with Gasteiger partial charge in [0.15, 0.2) is 0 Å². The first-order valence-electron chi connectivity index (χ1n) is 6.30. The summed E-state index contributed by atoms with van der Waals surface area (Å²) in [5.74, 6) is 0.564. The summed E-state index contributed by atoms with van der Waals surface area (Å²) in [6.45, 7) is 1.64. The number of ether oxygens (including phenoxy) is 1. The number of aliphatic hydroxyl groups is 1. The average molecular weight is 305 g/mol. The Kier molecular flexibility index (Phi) is 4.82. The van der Waals surface area contributed by atoms with Crippen molar-refractivity contribution in [2.24, 2.45) is 0 Å². The van der Waals surface area contributed by atoms with Crippen LogP contribution in [0.1, 0.15) is 18.6 Å². The molecule has 0 fully saturated rings. The lowest BCUT2D eigenvalue weighted by Crippen LogP contribution is -1.99. The highest BCUT2D eigenvalue weighted by Gasteiger charge is 2.19. The Hall–Kier alpha value is -2.05. The third-order valence-electron chi connectivity index (χ3n) is 2.95. The largest absolute Gasteiger partial charge is 0.496 e. The minimum Gasteiger partial charge on any atom is -0.496 e. The number of hydrogen-bond donors (Lipinski definition) is 1. The van der Waals surface area contributed by atoms with Crippen molar-refractivity contribution >= 4 is 17.4 Å². The molecule has 1 N–H and O–H groups in total. The van der Waals surface area contributed by atoms with Crippen LogP contribution in [0, 0.1) is 10.1 Å². The Morgan fingerprint density at radius 2 is 1.86 bits per heavy atom. The first-order valence-corrected chi connectivity index (χ1v) is 7.12. The monoisotopic (exact) mass is 305 g/mol. The van der Waals surface area contributed by atoms with Crippen molar-refractivity contribution in [3.05, 3.63) is 58.1 Å². The first-order chi connectivity index (χ1) is 10.0. The first kappa shape index (κ1) is 15.3. The highest BCUT2D eigenvalue weighted by atomic mass is 32.2. The average Bonchev–Trinajstić information content (AvgIpc) is 2.47. The SMILES string of the molecule is COc1cccc(Sc2ccccc2[N+](=O)[O-])c1[C@@H](C)O. The van der Waals surface area contributed by atoms with E-state index in [2.05, 4.69) is 0 Å². The van der Waals surface area contributed by atoms with E-state index in [9.17, 15) is 15.2 Å². The standard InChI is InChI=1S/C15H15NO4S/c1-10(17)15-12(20-2)7-5-9-14(15)21-13-8-4-3-6-11(13)16(18)19/h3-10,17H,1-2H3/t10-/m1/s1. The van der Waals surface area contributed by atoms with E-state index in [1.807, 2.05) is 6.07 Å². The van der Waals surface area contributed by atoms with Crippen molar-refractivity contribution in [3.8, 4) is 5.75 Å². The molecule has 0 bridgehead atoms. The maximum absolute atomic E-state index is 11.1. The molecule has 2 aromatic carbocycles. The molecular formula is C15H15NO4S. The quantitative estimate of drug-likeness (QED) is 0.671. The lowest BCUT2D eigenvalue weighted by Gasteiger charge is -2.15. The Morgan fingerprint density at radius 3 is 2.48 bits per heavy atom. The molecule has 2 rings (SSSR count). The van der Waals surface area contributed by atoms with E-state index in [1.165, 1.54) is 24.9 Å². The Balaban J connectivity index is 2.48. The van der Waals surface area contributed by atoms with Crippen molar-refractivity contribution < 1.29 is 14.8 Å². The summed E-state index contributed by atoms with van der Waals surface area (Å²) >= 11 is 1.25.